The molecule has 1 N–H and O–H groups in total. The van der Waals surface area contributed by atoms with Crippen molar-refractivity contribution in [3.8, 4) is 0 Å². The smallest absolute Gasteiger partial charge is 0.0833 e. The molecular formula is C8H16O2. The molecule has 0 aromatic carbocycles. The molecule has 1 aliphatic rings. The molecule has 0 aromatic rings. The molecule has 1 heterocycles. The minimum absolute atomic E-state index is 0.0868. The molecule has 1 aliphatic heterocycles. The molecule has 0 bridgehead atoms. The van der Waals surface area contributed by atoms with Gasteiger partial charge < -0.3 is 9.84 Å². The summed E-state index contributed by atoms with van der Waals surface area (Å²) in [5.41, 5.74) is 0. The van der Waals surface area contributed by atoms with Crippen LogP contribution in [-0.2, 0) is 4.74 Å². The highest BCUT2D eigenvalue weighted by Gasteiger charge is 2.26. The van der Waals surface area contributed by atoms with Crippen LogP contribution < -0.4 is 0 Å². The molecule has 1 rings (SSSR count). The topological polar surface area (TPSA) is 29.5 Å². The Bertz CT molecular complexity index is 103. The summed E-state index contributed by atoms with van der Waals surface area (Å²) in [5.74, 6) is 1.21. The van der Waals surface area contributed by atoms with Gasteiger partial charge in [-0.1, -0.05) is 13.8 Å². The van der Waals surface area contributed by atoms with Gasteiger partial charge in [-0.2, -0.15) is 0 Å². The van der Waals surface area contributed by atoms with Gasteiger partial charge >= 0.3 is 0 Å². The first-order chi connectivity index (χ1) is 4.75. The molecular weight excluding hydrogens is 128 g/mol. The zero-order valence-corrected chi connectivity index (χ0v) is 6.71. The van der Waals surface area contributed by atoms with Gasteiger partial charge in [-0.25, -0.2) is 0 Å². The lowest BCUT2D eigenvalue weighted by Crippen LogP contribution is -2.35. The molecule has 0 aromatic heterocycles. The third kappa shape index (κ3) is 1.50. The van der Waals surface area contributed by atoms with Gasteiger partial charge in [0.2, 0.25) is 0 Å². The van der Waals surface area contributed by atoms with E-state index >= 15 is 0 Å². The van der Waals surface area contributed by atoms with E-state index in [2.05, 4.69) is 13.8 Å². The zero-order chi connectivity index (χ0) is 7.56. The van der Waals surface area contributed by atoms with E-state index in [4.69, 9.17) is 9.84 Å². The quantitative estimate of drug-likeness (QED) is 0.596. The van der Waals surface area contributed by atoms with Crippen molar-refractivity contribution in [2.45, 2.75) is 26.4 Å². The highest BCUT2D eigenvalue weighted by atomic mass is 16.5. The van der Waals surface area contributed by atoms with E-state index in [0.29, 0.717) is 11.8 Å². The van der Waals surface area contributed by atoms with Gasteiger partial charge in [-0.15, -0.1) is 0 Å². The summed E-state index contributed by atoms with van der Waals surface area (Å²) in [7, 11) is 0. The van der Waals surface area contributed by atoms with Crippen LogP contribution in [0.25, 0.3) is 0 Å². The molecule has 1 fully saturated rings. The van der Waals surface area contributed by atoms with Gasteiger partial charge in [0.15, 0.2) is 0 Å². The molecule has 1 saturated heterocycles. The second-order valence-corrected chi connectivity index (χ2v) is 3.22. The largest absolute Gasteiger partial charge is 0.394 e. The first-order valence-electron chi connectivity index (χ1n) is 3.98. The lowest BCUT2D eigenvalue weighted by molar-refractivity contribution is -0.0710. The van der Waals surface area contributed by atoms with Crippen LogP contribution in [0.2, 0.25) is 0 Å². The van der Waals surface area contributed by atoms with Crippen molar-refractivity contribution in [1.82, 2.24) is 0 Å². The van der Waals surface area contributed by atoms with Crippen molar-refractivity contribution in [3.63, 3.8) is 0 Å². The summed E-state index contributed by atoms with van der Waals surface area (Å²) in [6.07, 6.45) is 1.22. The molecule has 0 amide bonds. The van der Waals surface area contributed by atoms with E-state index in [1.165, 1.54) is 0 Å². The average molecular weight is 144 g/mol. The van der Waals surface area contributed by atoms with Crippen molar-refractivity contribution >= 4 is 0 Å². The van der Waals surface area contributed by atoms with Crippen LogP contribution in [0.15, 0.2) is 0 Å². The molecule has 60 valence electrons. The number of hydrogen-bond donors (Lipinski definition) is 1. The Labute approximate surface area is 62.2 Å². The molecule has 0 radical (unpaired) electrons. The Morgan fingerprint density at radius 2 is 2.20 bits per heavy atom. The fourth-order valence-electron chi connectivity index (χ4n) is 1.41. The summed E-state index contributed by atoms with van der Waals surface area (Å²) in [6.45, 7) is 5.35. The van der Waals surface area contributed by atoms with Gasteiger partial charge in [0.25, 0.3) is 0 Å². The maximum absolute atomic E-state index is 8.85. The van der Waals surface area contributed by atoms with Gasteiger partial charge in [-0.3, -0.25) is 0 Å². The molecule has 3 atom stereocenters. The highest BCUT2D eigenvalue weighted by Crippen LogP contribution is 2.25. The van der Waals surface area contributed by atoms with E-state index in [9.17, 15) is 0 Å². The van der Waals surface area contributed by atoms with Crippen molar-refractivity contribution in [3.05, 3.63) is 0 Å². The Hall–Kier alpha value is -0.0800. The summed E-state index contributed by atoms with van der Waals surface area (Å²) >= 11 is 0. The number of ether oxygens (including phenoxy) is 1. The predicted molar refractivity (Wildman–Crippen MR) is 39.8 cm³/mol. The van der Waals surface area contributed by atoms with Crippen molar-refractivity contribution < 1.29 is 9.84 Å². The highest BCUT2D eigenvalue weighted by molar-refractivity contribution is 4.74. The lowest BCUT2D eigenvalue weighted by atomic mass is 9.86. The van der Waals surface area contributed by atoms with Crippen molar-refractivity contribution in [1.29, 1.82) is 0 Å². The molecule has 0 aliphatic carbocycles. The van der Waals surface area contributed by atoms with Gasteiger partial charge in [-0.05, 0) is 18.3 Å². The summed E-state index contributed by atoms with van der Waals surface area (Å²) in [4.78, 5) is 0. The van der Waals surface area contributed by atoms with E-state index in [-0.39, 0.29) is 12.7 Å². The third-order valence-electron chi connectivity index (χ3n) is 2.57. The van der Waals surface area contributed by atoms with Crippen LogP contribution >= 0.6 is 0 Å². The third-order valence-corrected chi connectivity index (χ3v) is 2.57. The first-order valence-corrected chi connectivity index (χ1v) is 3.98. The molecule has 0 spiro atoms. The molecule has 0 saturated carbocycles. The fourth-order valence-corrected chi connectivity index (χ4v) is 1.41. The fraction of sp³-hybridized carbons (Fsp3) is 1.00. The molecule has 3 unspecified atom stereocenters. The lowest BCUT2D eigenvalue weighted by Gasteiger charge is -2.32. The van der Waals surface area contributed by atoms with Crippen LogP contribution in [0.3, 0.4) is 0 Å². The van der Waals surface area contributed by atoms with E-state index in [1.807, 2.05) is 0 Å². The molecule has 10 heavy (non-hydrogen) atoms. The van der Waals surface area contributed by atoms with Crippen LogP contribution in [0, 0.1) is 11.8 Å². The monoisotopic (exact) mass is 144 g/mol. The summed E-state index contributed by atoms with van der Waals surface area (Å²) < 4.78 is 5.36. The summed E-state index contributed by atoms with van der Waals surface area (Å²) in [6, 6.07) is 0. The Morgan fingerprint density at radius 3 is 2.70 bits per heavy atom. The summed E-state index contributed by atoms with van der Waals surface area (Å²) in [5, 5.41) is 8.85. The van der Waals surface area contributed by atoms with E-state index < -0.39 is 0 Å². The Kier molecular flexibility index (Phi) is 2.69. The molecule has 2 heteroatoms. The normalized spacial score (nSPS) is 41.7. The van der Waals surface area contributed by atoms with Crippen molar-refractivity contribution in [2.24, 2.45) is 11.8 Å². The van der Waals surface area contributed by atoms with Gasteiger partial charge in [0.1, 0.15) is 0 Å². The second-order valence-electron chi connectivity index (χ2n) is 3.22. The predicted octanol–water partition coefficient (Wildman–Crippen LogP) is 1.04. The maximum atomic E-state index is 8.85. The SMILES string of the molecule is CC1CCOC(CO)C1C. The minimum atomic E-state index is 0.0868. The minimum Gasteiger partial charge on any atom is -0.394 e. The van der Waals surface area contributed by atoms with Crippen LogP contribution in [-0.4, -0.2) is 24.4 Å². The van der Waals surface area contributed by atoms with Crippen molar-refractivity contribution in [2.75, 3.05) is 13.2 Å². The van der Waals surface area contributed by atoms with Crippen LogP contribution in [0.5, 0.6) is 0 Å². The second kappa shape index (κ2) is 3.35. The number of hydrogen-bond acceptors (Lipinski definition) is 2. The molecule has 2 nitrogen and oxygen atoms in total. The van der Waals surface area contributed by atoms with Gasteiger partial charge in [0.05, 0.1) is 12.7 Å². The maximum Gasteiger partial charge on any atom is 0.0833 e. The zero-order valence-electron chi connectivity index (χ0n) is 6.71. The number of aliphatic hydroxyl groups excluding tert-OH is 1. The number of aliphatic hydroxyl groups is 1. The Balaban J connectivity index is 2.42. The average Bonchev–Trinajstić information content (AvgIpc) is 1.95. The Morgan fingerprint density at radius 1 is 1.50 bits per heavy atom. The van der Waals surface area contributed by atoms with Gasteiger partial charge in [0, 0.05) is 6.61 Å². The standard InChI is InChI=1S/C8H16O2/c1-6-3-4-10-8(5-9)7(6)2/h6-9H,3-5H2,1-2H3. The van der Waals surface area contributed by atoms with E-state index in [1.54, 1.807) is 0 Å². The van der Waals surface area contributed by atoms with E-state index in [0.717, 1.165) is 13.0 Å². The number of rotatable bonds is 1. The first kappa shape index (κ1) is 8.02. The van der Waals surface area contributed by atoms with Crippen LogP contribution in [0.4, 0.5) is 0 Å². The van der Waals surface area contributed by atoms with Crippen LogP contribution in [0.1, 0.15) is 20.3 Å².